The molecule has 0 aromatic carbocycles. The summed E-state index contributed by atoms with van der Waals surface area (Å²) >= 11 is 6.38. The Kier molecular flexibility index (Phi) is 4.51. The molecule has 0 unspecified atom stereocenters. The normalized spacial score (nSPS) is 37.6. The lowest BCUT2D eigenvalue weighted by atomic mass is 10.1. The summed E-state index contributed by atoms with van der Waals surface area (Å²) in [5.74, 6) is -0.617. The van der Waals surface area contributed by atoms with Crippen LogP contribution in [0, 0.1) is 0 Å². The highest BCUT2D eigenvalue weighted by Crippen LogP contribution is 2.38. The minimum Gasteiger partial charge on any atom is -0.476 e. The van der Waals surface area contributed by atoms with Gasteiger partial charge in [-0.1, -0.05) is 11.8 Å². The van der Waals surface area contributed by atoms with E-state index in [1.807, 2.05) is 20.1 Å². The molecule has 18 heavy (non-hydrogen) atoms. The number of fused-ring (bicyclic) bond motifs is 1. The number of rotatable bonds is 3. The van der Waals surface area contributed by atoms with Gasteiger partial charge in [0.1, 0.15) is 24.9 Å². The molecule has 2 saturated heterocycles. The van der Waals surface area contributed by atoms with Gasteiger partial charge in [0.2, 0.25) is 4.38 Å². The molecule has 2 rings (SSSR count). The van der Waals surface area contributed by atoms with E-state index in [1.165, 1.54) is 11.8 Å². The van der Waals surface area contributed by atoms with Crippen LogP contribution in [0.15, 0.2) is 0 Å². The second-order valence-corrected chi connectivity index (χ2v) is 6.02. The number of hydrogen-bond acceptors (Lipinski definition) is 7. The fraction of sp³-hybridized carbons (Fsp3) is 0.909. The third kappa shape index (κ3) is 2.97. The maximum absolute atomic E-state index is 5.83. The third-order valence-electron chi connectivity index (χ3n) is 2.87. The summed E-state index contributed by atoms with van der Waals surface area (Å²) in [6, 6.07) is 0. The van der Waals surface area contributed by atoms with E-state index >= 15 is 0 Å². The van der Waals surface area contributed by atoms with E-state index in [2.05, 4.69) is 0 Å². The molecular formula is C11H18O5S2. The Balaban J connectivity index is 1.98. The van der Waals surface area contributed by atoms with Gasteiger partial charge in [-0.25, -0.2) is 0 Å². The largest absolute Gasteiger partial charge is 0.476 e. The smallest absolute Gasteiger partial charge is 0.219 e. The van der Waals surface area contributed by atoms with Gasteiger partial charge in [-0.15, -0.1) is 0 Å². The highest BCUT2D eigenvalue weighted by molar-refractivity contribution is 8.22. The van der Waals surface area contributed by atoms with Crippen molar-refractivity contribution in [2.75, 3.05) is 20.0 Å². The predicted octanol–water partition coefficient (Wildman–Crippen LogP) is 1.54. The molecule has 2 fully saturated rings. The summed E-state index contributed by atoms with van der Waals surface area (Å²) in [6.45, 7) is 4.10. The van der Waals surface area contributed by atoms with Crippen molar-refractivity contribution in [1.82, 2.24) is 0 Å². The summed E-state index contributed by atoms with van der Waals surface area (Å²) in [5, 5.41) is 0. The first-order chi connectivity index (χ1) is 8.46. The summed E-state index contributed by atoms with van der Waals surface area (Å²) in [7, 11) is 1.59. The van der Waals surface area contributed by atoms with Gasteiger partial charge in [-0.05, 0) is 32.3 Å². The Morgan fingerprint density at radius 3 is 2.61 bits per heavy atom. The van der Waals surface area contributed by atoms with E-state index in [0.717, 1.165) is 0 Å². The van der Waals surface area contributed by atoms with Crippen LogP contribution >= 0.6 is 24.0 Å². The first-order valence-electron chi connectivity index (χ1n) is 5.71. The highest BCUT2D eigenvalue weighted by Gasteiger charge is 2.55. The summed E-state index contributed by atoms with van der Waals surface area (Å²) in [4.78, 5) is 0. The molecule has 2 heterocycles. The molecule has 2 aliphatic heterocycles. The standard InChI is InChI=1S/C11H18O5S2/c1-11(2)15-7-6(5-13-10(17)18-4)14-9(12-3)8(7)16-11/h6-9H,5H2,1-4H3/t6-,7-,8-,9-/m1/s1. The first-order valence-corrected chi connectivity index (χ1v) is 7.35. The molecule has 0 aromatic rings. The Morgan fingerprint density at radius 2 is 2.00 bits per heavy atom. The van der Waals surface area contributed by atoms with Crippen LogP contribution in [0.5, 0.6) is 0 Å². The average molecular weight is 294 g/mol. The van der Waals surface area contributed by atoms with E-state index in [1.54, 1.807) is 7.11 Å². The number of ether oxygens (including phenoxy) is 5. The molecule has 0 saturated carbocycles. The van der Waals surface area contributed by atoms with Crippen molar-refractivity contribution in [3.05, 3.63) is 0 Å². The van der Waals surface area contributed by atoms with Crippen molar-refractivity contribution in [2.24, 2.45) is 0 Å². The molecule has 0 N–H and O–H groups in total. The van der Waals surface area contributed by atoms with E-state index < -0.39 is 12.1 Å². The maximum atomic E-state index is 5.83. The zero-order valence-corrected chi connectivity index (χ0v) is 12.5. The van der Waals surface area contributed by atoms with Gasteiger partial charge in [0, 0.05) is 7.11 Å². The van der Waals surface area contributed by atoms with Gasteiger partial charge >= 0.3 is 0 Å². The lowest BCUT2D eigenvalue weighted by Gasteiger charge is -2.23. The summed E-state index contributed by atoms with van der Waals surface area (Å²) < 4.78 is 28.5. The average Bonchev–Trinajstić information content (AvgIpc) is 2.79. The molecule has 0 aromatic heterocycles. The van der Waals surface area contributed by atoms with Gasteiger partial charge in [-0.2, -0.15) is 0 Å². The van der Waals surface area contributed by atoms with Gasteiger partial charge in [0.05, 0.1) is 0 Å². The number of thiocarbonyl (C=S) groups is 1. The van der Waals surface area contributed by atoms with Crippen molar-refractivity contribution in [3.8, 4) is 0 Å². The zero-order chi connectivity index (χ0) is 13.3. The van der Waals surface area contributed by atoms with Crippen molar-refractivity contribution in [3.63, 3.8) is 0 Å². The highest BCUT2D eigenvalue weighted by atomic mass is 32.2. The van der Waals surface area contributed by atoms with E-state index in [-0.39, 0.29) is 18.3 Å². The topological polar surface area (TPSA) is 46.2 Å². The SMILES string of the molecule is CO[C@@H]1O[C@H](COC(=S)SC)[C@H]2OC(C)(C)O[C@@H]12. The minimum atomic E-state index is -0.617. The van der Waals surface area contributed by atoms with Crippen LogP contribution in [0.2, 0.25) is 0 Å². The van der Waals surface area contributed by atoms with E-state index in [0.29, 0.717) is 11.0 Å². The van der Waals surface area contributed by atoms with Crippen molar-refractivity contribution in [1.29, 1.82) is 0 Å². The van der Waals surface area contributed by atoms with E-state index in [9.17, 15) is 0 Å². The Bertz CT molecular complexity index is 323. The fourth-order valence-electron chi connectivity index (χ4n) is 2.18. The van der Waals surface area contributed by atoms with Crippen LogP contribution in [0.1, 0.15) is 13.8 Å². The second-order valence-electron chi connectivity index (χ2n) is 4.61. The number of methoxy groups -OCH3 is 1. The molecule has 0 aliphatic carbocycles. The van der Waals surface area contributed by atoms with E-state index in [4.69, 9.17) is 35.9 Å². The molecule has 4 atom stereocenters. The lowest BCUT2D eigenvalue weighted by molar-refractivity contribution is -0.229. The molecule has 2 aliphatic rings. The molecule has 5 nitrogen and oxygen atoms in total. The number of hydrogen-bond donors (Lipinski definition) is 0. The van der Waals surface area contributed by atoms with Crippen LogP contribution in [0.4, 0.5) is 0 Å². The van der Waals surface area contributed by atoms with Gasteiger partial charge in [0.15, 0.2) is 12.1 Å². The van der Waals surface area contributed by atoms with Gasteiger partial charge in [-0.3, -0.25) is 0 Å². The first kappa shape index (κ1) is 14.5. The predicted molar refractivity (Wildman–Crippen MR) is 71.6 cm³/mol. The Hall–Kier alpha value is 0.0800. The van der Waals surface area contributed by atoms with Crippen LogP contribution in [0.3, 0.4) is 0 Å². The monoisotopic (exact) mass is 294 g/mol. The van der Waals surface area contributed by atoms with Crippen LogP contribution in [0.25, 0.3) is 0 Å². The molecule has 0 bridgehead atoms. The molecular weight excluding hydrogens is 276 g/mol. The van der Waals surface area contributed by atoms with Crippen molar-refractivity contribution >= 4 is 28.4 Å². The molecule has 104 valence electrons. The lowest BCUT2D eigenvalue weighted by Crippen LogP contribution is -2.33. The van der Waals surface area contributed by atoms with Gasteiger partial charge in [0.25, 0.3) is 0 Å². The fourth-order valence-corrected chi connectivity index (χ4v) is 2.43. The van der Waals surface area contributed by atoms with Crippen LogP contribution < -0.4 is 0 Å². The summed E-state index contributed by atoms with van der Waals surface area (Å²) in [5.41, 5.74) is 0. The zero-order valence-electron chi connectivity index (χ0n) is 10.9. The molecule has 0 spiro atoms. The second kappa shape index (κ2) is 5.60. The Labute approximate surface area is 116 Å². The minimum absolute atomic E-state index is 0.186. The van der Waals surface area contributed by atoms with Gasteiger partial charge < -0.3 is 23.7 Å². The molecule has 0 amide bonds. The van der Waals surface area contributed by atoms with Crippen LogP contribution in [-0.2, 0) is 23.7 Å². The number of thioether (sulfide) groups is 1. The quantitative estimate of drug-likeness (QED) is 0.732. The molecule has 0 radical (unpaired) electrons. The van der Waals surface area contributed by atoms with Crippen LogP contribution in [-0.4, -0.2) is 54.7 Å². The Morgan fingerprint density at radius 1 is 1.33 bits per heavy atom. The third-order valence-corrected chi connectivity index (χ3v) is 3.94. The molecule has 7 heteroatoms. The van der Waals surface area contributed by atoms with Crippen molar-refractivity contribution < 1.29 is 23.7 Å². The summed E-state index contributed by atoms with van der Waals surface area (Å²) in [6.07, 6.45) is 0.813. The maximum Gasteiger partial charge on any atom is 0.219 e. The van der Waals surface area contributed by atoms with Crippen molar-refractivity contribution in [2.45, 2.75) is 44.2 Å².